The largest absolute Gasteiger partial charge is 0.352 e. The van der Waals surface area contributed by atoms with Crippen LogP contribution in [0.25, 0.3) is 0 Å². The van der Waals surface area contributed by atoms with E-state index in [1.54, 1.807) is 13.0 Å². The maximum absolute atomic E-state index is 12.1. The fraction of sp³-hybridized carbons (Fsp3) is 0.100. The van der Waals surface area contributed by atoms with E-state index in [4.69, 9.17) is 4.52 Å². The highest BCUT2D eigenvalue weighted by Crippen LogP contribution is 2.36. The molecule has 2 aromatic rings. The lowest BCUT2D eigenvalue weighted by molar-refractivity contribution is 0.0958. The van der Waals surface area contributed by atoms with Crippen LogP contribution < -0.4 is 0 Å². The second-order valence-corrected chi connectivity index (χ2v) is 5.86. The maximum Gasteiger partial charge on any atom is 0.233 e. The van der Waals surface area contributed by atoms with Gasteiger partial charge in [0.15, 0.2) is 0 Å². The average molecular weight is 298 g/mol. The van der Waals surface area contributed by atoms with Crippen LogP contribution in [0.4, 0.5) is 0 Å². The Balaban J connectivity index is 2.35. The van der Waals surface area contributed by atoms with Crippen molar-refractivity contribution in [2.75, 3.05) is 0 Å². The minimum absolute atomic E-state index is 0.0558. The molecule has 0 radical (unpaired) electrons. The summed E-state index contributed by atoms with van der Waals surface area (Å²) in [5.41, 5.74) is 1.15. The van der Waals surface area contributed by atoms with Gasteiger partial charge in [0.05, 0.1) is 19.9 Å². The fourth-order valence-corrected chi connectivity index (χ4v) is 3.27. The highest BCUT2D eigenvalue weighted by molar-refractivity contribution is 9.11. The number of rotatable bonds is 0. The molecule has 0 aromatic carbocycles. The van der Waals surface area contributed by atoms with E-state index >= 15 is 0 Å². The summed E-state index contributed by atoms with van der Waals surface area (Å²) in [6.07, 6.45) is 0. The van der Waals surface area contributed by atoms with Gasteiger partial charge < -0.3 is 4.52 Å². The molecule has 0 amide bonds. The Labute approximate surface area is 102 Å². The van der Waals surface area contributed by atoms with Crippen molar-refractivity contribution in [1.82, 2.24) is 5.16 Å². The van der Waals surface area contributed by atoms with Crippen molar-refractivity contribution < 1.29 is 14.1 Å². The molecule has 1 aliphatic carbocycles. The Kier molecular flexibility index (Phi) is 1.93. The first-order chi connectivity index (χ1) is 7.59. The summed E-state index contributed by atoms with van der Waals surface area (Å²) in [6.45, 7) is 1.65. The van der Waals surface area contributed by atoms with E-state index in [1.165, 1.54) is 11.3 Å². The maximum atomic E-state index is 12.1. The summed E-state index contributed by atoms with van der Waals surface area (Å²) < 4.78 is 5.66. The number of carbonyl (C=O) groups excluding carboxylic acids is 2. The first-order valence-corrected chi connectivity index (χ1v) is 6.05. The van der Waals surface area contributed by atoms with E-state index in [-0.39, 0.29) is 17.3 Å². The van der Waals surface area contributed by atoms with Gasteiger partial charge in [-0.25, -0.2) is 0 Å². The number of nitrogens with zero attached hydrogens (tertiary/aromatic N) is 1. The van der Waals surface area contributed by atoms with E-state index < -0.39 is 0 Å². The van der Waals surface area contributed by atoms with Crippen LogP contribution in [0, 0.1) is 6.92 Å². The third kappa shape index (κ3) is 1.11. The topological polar surface area (TPSA) is 60.2 Å². The predicted octanol–water partition coefficient (Wildman–Crippen LogP) is 2.58. The molecule has 4 nitrogen and oxygen atoms in total. The molecule has 16 heavy (non-hydrogen) atoms. The summed E-state index contributed by atoms with van der Waals surface area (Å²) in [4.78, 5) is 24.5. The molecule has 0 saturated heterocycles. The van der Waals surface area contributed by atoms with Gasteiger partial charge in [0, 0.05) is 5.56 Å². The Morgan fingerprint density at radius 1 is 1.38 bits per heavy atom. The summed E-state index contributed by atoms with van der Waals surface area (Å²) >= 11 is 4.52. The van der Waals surface area contributed by atoms with Gasteiger partial charge in [0.25, 0.3) is 0 Å². The van der Waals surface area contributed by atoms with Crippen molar-refractivity contribution in [2.45, 2.75) is 6.92 Å². The minimum atomic E-state index is -0.271. The van der Waals surface area contributed by atoms with Crippen molar-refractivity contribution in [2.24, 2.45) is 0 Å². The van der Waals surface area contributed by atoms with Gasteiger partial charge in [-0.1, -0.05) is 5.16 Å². The number of carbonyl (C=O) groups is 2. The van der Waals surface area contributed by atoms with E-state index in [2.05, 4.69) is 21.1 Å². The summed E-state index contributed by atoms with van der Waals surface area (Å²) in [7, 11) is 0. The van der Waals surface area contributed by atoms with Crippen molar-refractivity contribution in [1.29, 1.82) is 0 Å². The van der Waals surface area contributed by atoms with Crippen LogP contribution in [0.3, 0.4) is 0 Å². The van der Waals surface area contributed by atoms with Crippen molar-refractivity contribution >= 4 is 38.8 Å². The van der Waals surface area contributed by atoms with Crippen LogP contribution in [0.1, 0.15) is 37.0 Å². The molecule has 0 aliphatic heterocycles. The number of fused-ring (bicyclic) bond motifs is 2. The van der Waals surface area contributed by atoms with E-state index in [1.807, 2.05) is 0 Å². The molecule has 0 spiro atoms. The minimum Gasteiger partial charge on any atom is -0.352 e. The van der Waals surface area contributed by atoms with Crippen LogP contribution in [0.2, 0.25) is 0 Å². The molecule has 0 bridgehead atoms. The summed E-state index contributed by atoms with van der Waals surface area (Å²) in [5.74, 6) is -0.397. The Bertz CT molecular complexity index is 637. The third-order valence-corrected chi connectivity index (χ3v) is 4.09. The number of aromatic nitrogens is 1. The smallest absolute Gasteiger partial charge is 0.233 e. The zero-order valence-corrected chi connectivity index (χ0v) is 10.4. The lowest BCUT2D eigenvalue weighted by Gasteiger charge is -2.06. The predicted molar refractivity (Wildman–Crippen MR) is 60.1 cm³/mol. The SMILES string of the molecule is Cc1noc2c1C(=O)c1sc(Br)cc1C2=O. The third-order valence-electron chi connectivity index (χ3n) is 2.45. The van der Waals surface area contributed by atoms with Crippen molar-refractivity contribution in [3.63, 3.8) is 0 Å². The molecular weight excluding hydrogens is 294 g/mol. The Morgan fingerprint density at radius 2 is 2.12 bits per heavy atom. The average Bonchev–Trinajstić information content (AvgIpc) is 2.79. The van der Waals surface area contributed by atoms with Crippen LogP contribution in [-0.2, 0) is 0 Å². The second-order valence-electron chi connectivity index (χ2n) is 3.42. The summed E-state index contributed by atoms with van der Waals surface area (Å²) in [5, 5.41) is 3.66. The zero-order valence-electron chi connectivity index (χ0n) is 8.04. The summed E-state index contributed by atoms with van der Waals surface area (Å²) in [6, 6.07) is 1.64. The van der Waals surface area contributed by atoms with Crippen LogP contribution in [0.15, 0.2) is 14.4 Å². The fourth-order valence-electron chi connectivity index (χ4n) is 1.73. The van der Waals surface area contributed by atoms with Crippen molar-refractivity contribution in [3.8, 4) is 0 Å². The van der Waals surface area contributed by atoms with E-state index in [9.17, 15) is 9.59 Å². The molecule has 0 atom stereocenters. The molecule has 3 rings (SSSR count). The molecule has 2 aromatic heterocycles. The molecule has 0 N–H and O–H groups in total. The molecule has 6 heteroatoms. The Hall–Kier alpha value is -1.27. The zero-order chi connectivity index (χ0) is 11.4. The standard InChI is InChI=1S/C10H4BrNO3S/c1-3-6-8(14)10-4(2-5(11)16-10)7(13)9(6)15-12-3/h2H,1H3. The molecule has 0 fully saturated rings. The van der Waals surface area contributed by atoms with Gasteiger partial charge in [0.2, 0.25) is 17.3 Å². The normalized spacial score (nSPS) is 13.9. The molecule has 80 valence electrons. The number of halogens is 1. The van der Waals surface area contributed by atoms with E-state index in [0.29, 0.717) is 21.7 Å². The number of aryl methyl sites for hydroxylation is 1. The van der Waals surface area contributed by atoms with Gasteiger partial charge in [0.1, 0.15) is 0 Å². The first-order valence-electron chi connectivity index (χ1n) is 4.44. The van der Waals surface area contributed by atoms with Gasteiger partial charge in [-0.15, -0.1) is 11.3 Å². The Morgan fingerprint density at radius 3 is 2.88 bits per heavy atom. The molecule has 2 heterocycles. The number of thiophene rings is 1. The van der Waals surface area contributed by atoms with Gasteiger partial charge in [-0.05, 0) is 28.9 Å². The van der Waals surface area contributed by atoms with Crippen molar-refractivity contribution in [3.05, 3.63) is 37.3 Å². The molecule has 1 aliphatic rings. The van der Waals surface area contributed by atoms with Crippen LogP contribution >= 0.6 is 27.3 Å². The second kappa shape index (κ2) is 3.11. The number of ketones is 2. The lowest BCUT2D eigenvalue weighted by Crippen LogP contribution is -2.17. The van der Waals surface area contributed by atoms with Crippen LogP contribution in [-0.4, -0.2) is 16.7 Å². The van der Waals surface area contributed by atoms with Gasteiger partial charge in [-0.3, -0.25) is 9.59 Å². The van der Waals surface area contributed by atoms with Crippen LogP contribution in [0.5, 0.6) is 0 Å². The number of hydrogen-bond donors (Lipinski definition) is 0. The highest BCUT2D eigenvalue weighted by Gasteiger charge is 2.37. The monoisotopic (exact) mass is 297 g/mol. The van der Waals surface area contributed by atoms with Gasteiger partial charge in [-0.2, -0.15) is 0 Å². The first kappa shape index (κ1) is 9.92. The molecule has 0 unspecified atom stereocenters. The number of hydrogen-bond acceptors (Lipinski definition) is 5. The highest BCUT2D eigenvalue weighted by atomic mass is 79.9. The van der Waals surface area contributed by atoms with E-state index in [0.717, 1.165) is 3.79 Å². The lowest BCUT2D eigenvalue weighted by atomic mass is 9.94. The molecule has 0 saturated carbocycles. The quantitative estimate of drug-likeness (QED) is 0.640. The van der Waals surface area contributed by atoms with Gasteiger partial charge >= 0.3 is 0 Å². The molecular formula is C10H4BrNO3S.